The highest BCUT2D eigenvalue weighted by atomic mass is 32.2. The lowest BCUT2D eigenvalue weighted by molar-refractivity contribution is -0.135. The minimum Gasteiger partial charge on any atom is -0.337 e. The molecule has 0 atom stereocenters. The Balaban J connectivity index is 1.47. The van der Waals surface area contributed by atoms with Crippen LogP contribution in [0.25, 0.3) is 11.0 Å². The zero-order valence-electron chi connectivity index (χ0n) is 21.0. The van der Waals surface area contributed by atoms with Crippen molar-refractivity contribution < 1.29 is 13.2 Å². The number of carbonyl (C=O) groups is 1. The van der Waals surface area contributed by atoms with Crippen molar-refractivity contribution in [2.75, 3.05) is 32.7 Å². The van der Waals surface area contributed by atoms with Crippen LogP contribution in [0.5, 0.6) is 0 Å². The number of aromatic nitrogens is 2. The maximum absolute atomic E-state index is 13.3. The van der Waals surface area contributed by atoms with Crippen molar-refractivity contribution in [2.24, 2.45) is 7.05 Å². The van der Waals surface area contributed by atoms with Crippen LogP contribution in [0.1, 0.15) is 58.7 Å². The third-order valence-electron chi connectivity index (χ3n) is 7.48. The van der Waals surface area contributed by atoms with E-state index in [-0.39, 0.29) is 10.8 Å². The van der Waals surface area contributed by atoms with Gasteiger partial charge in [0.1, 0.15) is 5.82 Å². The maximum Gasteiger partial charge on any atom is 0.243 e. The lowest BCUT2D eigenvalue weighted by Crippen LogP contribution is -2.48. The van der Waals surface area contributed by atoms with Crippen LogP contribution in [-0.2, 0) is 28.3 Å². The summed E-state index contributed by atoms with van der Waals surface area (Å²) < 4.78 is 29.3. The first kappa shape index (κ1) is 25.1. The average Bonchev–Trinajstić information content (AvgIpc) is 3.62. The summed E-state index contributed by atoms with van der Waals surface area (Å²) in [5.74, 6) is 1.05. The van der Waals surface area contributed by atoms with E-state index in [1.807, 2.05) is 31.5 Å². The van der Waals surface area contributed by atoms with Crippen molar-refractivity contribution in [1.82, 2.24) is 23.7 Å². The van der Waals surface area contributed by atoms with E-state index in [9.17, 15) is 13.2 Å². The van der Waals surface area contributed by atoms with Gasteiger partial charge in [-0.05, 0) is 50.4 Å². The zero-order valence-corrected chi connectivity index (χ0v) is 21.9. The van der Waals surface area contributed by atoms with E-state index in [4.69, 9.17) is 4.98 Å². The van der Waals surface area contributed by atoms with Gasteiger partial charge in [0.2, 0.25) is 15.9 Å². The van der Waals surface area contributed by atoms with Gasteiger partial charge in [-0.15, -0.1) is 0 Å². The topological polar surface area (TPSA) is 78.8 Å². The Bertz CT molecular complexity index is 1110. The Hall–Kier alpha value is -1.97. The van der Waals surface area contributed by atoms with Crippen LogP contribution >= 0.6 is 0 Å². The van der Waals surface area contributed by atoms with E-state index in [0.717, 1.165) is 56.7 Å². The summed E-state index contributed by atoms with van der Waals surface area (Å²) in [6.45, 7) is 9.96. The maximum atomic E-state index is 13.3. The first-order valence-electron chi connectivity index (χ1n) is 12.8. The summed E-state index contributed by atoms with van der Waals surface area (Å²) in [4.78, 5) is 22.9. The molecule has 34 heavy (non-hydrogen) atoms. The fourth-order valence-electron chi connectivity index (χ4n) is 5.25. The van der Waals surface area contributed by atoms with Crippen LogP contribution in [0.4, 0.5) is 0 Å². The lowest BCUT2D eigenvalue weighted by atomic mass is 10.0. The molecule has 1 aromatic carbocycles. The molecule has 0 spiro atoms. The lowest BCUT2D eigenvalue weighted by Gasteiger charge is -2.38. The molecule has 188 valence electrons. The Morgan fingerprint density at radius 2 is 1.71 bits per heavy atom. The van der Waals surface area contributed by atoms with Crippen LogP contribution in [0.15, 0.2) is 23.1 Å². The number of hydrogen-bond donors (Lipinski definition) is 0. The number of imidazole rings is 1. The molecule has 0 radical (unpaired) electrons. The van der Waals surface area contributed by atoms with E-state index in [1.165, 1.54) is 4.31 Å². The van der Waals surface area contributed by atoms with Gasteiger partial charge in [0.15, 0.2) is 0 Å². The van der Waals surface area contributed by atoms with Crippen molar-refractivity contribution in [3.63, 3.8) is 0 Å². The van der Waals surface area contributed by atoms with Gasteiger partial charge in [-0.2, -0.15) is 4.31 Å². The highest BCUT2D eigenvalue weighted by molar-refractivity contribution is 7.89. The molecule has 1 aliphatic heterocycles. The predicted molar refractivity (Wildman–Crippen MR) is 134 cm³/mol. The fraction of sp³-hybridized carbons (Fsp3) is 0.680. The third-order valence-corrected chi connectivity index (χ3v) is 9.52. The van der Waals surface area contributed by atoms with Gasteiger partial charge in [-0.25, -0.2) is 13.4 Å². The van der Waals surface area contributed by atoms with E-state index in [2.05, 4.69) is 16.7 Å². The van der Waals surface area contributed by atoms with Gasteiger partial charge in [0.25, 0.3) is 0 Å². The molecule has 0 bridgehead atoms. The van der Waals surface area contributed by atoms with Gasteiger partial charge < -0.3 is 14.4 Å². The molecule has 1 saturated carbocycles. The number of sulfonamides is 1. The normalized spacial score (nSPS) is 18.1. The minimum absolute atomic E-state index is 0.231. The highest BCUT2D eigenvalue weighted by Crippen LogP contribution is 2.33. The quantitative estimate of drug-likeness (QED) is 0.513. The van der Waals surface area contributed by atoms with Gasteiger partial charge in [-0.1, -0.05) is 20.8 Å². The van der Waals surface area contributed by atoms with Gasteiger partial charge in [0.05, 0.1) is 15.9 Å². The number of fused-ring (bicyclic) bond motifs is 1. The largest absolute Gasteiger partial charge is 0.337 e. The number of carbonyl (C=O) groups excluding carboxylic acids is 1. The van der Waals surface area contributed by atoms with Gasteiger partial charge in [-0.3, -0.25) is 4.79 Å². The number of amides is 1. The molecule has 1 aromatic heterocycles. The number of likely N-dealkylation sites (tertiary alicyclic amines) is 1. The van der Waals surface area contributed by atoms with Crippen LogP contribution in [0.3, 0.4) is 0 Å². The van der Waals surface area contributed by atoms with E-state index >= 15 is 0 Å². The van der Waals surface area contributed by atoms with Crippen molar-refractivity contribution in [1.29, 1.82) is 0 Å². The second kappa shape index (κ2) is 10.3. The summed E-state index contributed by atoms with van der Waals surface area (Å²) in [7, 11) is -1.60. The molecular formula is C25H39N5O3S. The number of rotatable bonds is 10. The number of benzene rings is 1. The molecule has 1 amide bonds. The van der Waals surface area contributed by atoms with Crippen LogP contribution in [0, 0.1) is 0 Å². The molecule has 4 rings (SSSR count). The summed E-state index contributed by atoms with van der Waals surface area (Å²) in [5.41, 5.74) is 1.54. The molecule has 1 aliphatic carbocycles. The summed E-state index contributed by atoms with van der Waals surface area (Å²) in [6.07, 6.45) is 5.36. The van der Waals surface area contributed by atoms with Crippen LogP contribution in [0.2, 0.25) is 0 Å². The zero-order chi connectivity index (χ0) is 24.5. The Labute approximate surface area is 204 Å². The first-order chi connectivity index (χ1) is 16.3. The SMILES string of the molecule is CCN1CCC(N(C(=O)CCc2nc3cc(S(=O)(=O)N(CC)CC)ccc3n2C)C2CC2)CC1. The van der Waals surface area contributed by atoms with Gasteiger partial charge in [0, 0.05) is 58.2 Å². The number of hydrogen-bond acceptors (Lipinski definition) is 5. The Morgan fingerprint density at radius 1 is 1.06 bits per heavy atom. The summed E-state index contributed by atoms with van der Waals surface area (Å²) in [6, 6.07) is 5.91. The third kappa shape index (κ3) is 5.02. The molecule has 8 nitrogen and oxygen atoms in total. The van der Waals surface area contributed by atoms with Crippen molar-refractivity contribution in [3.05, 3.63) is 24.0 Å². The van der Waals surface area contributed by atoms with E-state index in [1.54, 1.807) is 12.1 Å². The van der Waals surface area contributed by atoms with Crippen molar-refractivity contribution >= 4 is 27.0 Å². The fourth-order valence-corrected chi connectivity index (χ4v) is 6.72. The van der Waals surface area contributed by atoms with Crippen molar-refractivity contribution in [2.45, 2.75) is 76.3 Å². The Morgan fingerprint density at radius 3 is 2.29 bits per heavy atom. The monoisotopic (exact) mass is 489 g/mol. The average molecular weight is 490 g/mol. The smallest absolute Gasteiger partial charge is 0.243 e. The van der Waals surface area contributed by atoms with Crippen LogP contribution < -0.4 is 0 Å². The second-order valence-corrected chi connectivity index (χ2v) is 11.5. The molecule has 9 heteroatoms. The molecule has 0 N–H and O–H groups in total. The molecule has 1 saturated heterocycles. The predicted octanol–water partition coefficient (Wildman–Crippen LogP) is 3.01. The second-order valence-electron chi connectivity index (χ2n) is 9.52. The standard InChI is InChI=1S/C25H39N5O3S/c1-5-28-16-14-20(15-17-28)30(19-8-9-19)25(31)13-12-24-26-22-18-21(10-11-23(22)27(24)4)34(32,33)29(6-2)7-3/h10-11,18-20H,5-9,12-17H2,1-4H3. The molecule has 2 heterocycles. The molecule has 2 aromatic rings. The first-order valence-corrected chi connectivity index (χ1v) is 14.2. The van der Waals surface area contributed by atoms with Crippen LogP contribution in [-0.4, -0.2) is 82.8 Å². The minimum atomic E-state index is -3.53. The number of aryl methyl sites for hydroxylation is 2. The van der Waals surface area contributed by atoms with Gasteiger partial charge >= 0.3 is 0 Å². The summed E-state index contributed by atoms with van der Waals surface area (Å²) in [5, 5.41) is 0. The Kier molecular flexibility index (Phi) is 7.64. The number of nitrogens with zero attached hydrogens (tertiary/aromatic N) is 5. The summed E-state index contributed by atoms with van der Waals surface area (Å²) >= 11 is 0. The van der Waals surface area contributed by atoms with Crippen molar-refractivity contribution in [3.8, 4) is 0 Å². The molecule has 2 aliphatic rings. The highest BCUT2D eigenvalue weighted by Gasteiger charge is 2.38. The van der Waals surface area contributed by atoms with E-state index < -0.39 is 10.0 Å². The molecular weight excluding hydrogens is 450 g/mol. The molecule has 0 unspecified atom stereocenters. The molecule has 2 fully saturated rings. The van der Waals surface area contributed by atoms with E-state index in [0.29, 0.717) is 43.5 Å². The number of piperidine rings is 1.